The Morgan fingerprint density at radius 1 is 1.10 bits per heavy atom. The molecule has 40 heavy (non-hydrogen) atoms. The summed E-state index contributed by atoms with van der Waals surface area (Å²) in [5.74, 6) is -0.220. The van der Waals surface area contributed by atoms with E-state index in [1.54, 1.807) is 18.2 Å². The van der Waals surface area contributed by atoms with Crippen LogP contribution in [0.25, 0.3) is 0 Å². The number of hydrogen-bond acceptors (Lipinski definition) is 6. The van der Waals surface area contributed by atoms with Crippen molar-refractivity contribution in [2.24, 2.45) is 5.41 Å². The van der Waals surface area contributed by atoms with Gasteiger partial charge >= 0.3 is 12.0 Å². The van der Waals surface area contributed by atoms with Crippen LogP contribution in [0.15, 0.2) is 36.4 Å². The zero-order chi connectivity index (χ0) is 28.9. The maximum absolute atomic E-state index is 12.8. The van der Waals surface area contributed by atoms with Gasteiger partial charge in [0, 0.05) is 37.9 Å². The summed E-state index contributed by atoms with van der Waals surface area (Å²) in [5.41, 5.74) is 1.69. The smallest absolute Gasteiger partial charge is 0.319 e. The molecule has 2 aromatic rings. The van der Waals surface area contributed by atoms with E-state index in [0.29, 0.717) is 30.1 Å². The minimum atomic E-state index is -0.775. The number of carbonyl (C=O) groups excluding carboxylic acids is 3. The summed E-state index contributed by atoms with van der Waals surface area (Å²) in [5, 5.41) is 9.40. The Morgan fingerprint density at radius 3 is 2.55 bits per heavy atom. The topological polar surface area (TPSA) is 109 Å². The van der Waals surface area contributed by atoms with Gasteiger partial charge in [-0.3, -0.25) is 9.59 Å². The molecule has 0 bridgehead atoms. The monoisotopic (exact) mass is 610 g/mol. The fraction of sp³-hybridized carbons (Fsp3) is 0.464. The van der Waals surface area contributed by atoms with Crippen molar-refractivity contribution in [3.63, 3.8) is 0 Å². The minimum absolute atomic E-state index is 0.125. The van der Waals surface area contributed by atoms with Gasteiger partial charge in [-0.1, -0.05) is 53.9 Å². The van der Waals surface area contributed by atoms with E-state index in [1.165, 1.54) is 7.11 Å². The first kappa shape index (κ1) is 30.2. The minimum Gasteiger partial charge on any atom is -0.479 e. The van der Waals surface area contributed by atoms with Crippen LogP contribution >= 0.6 is 34.8 Å². The summed E-state index contributed by atoms with van der Waals surface area (Å²) >= 11 is 18.3. The van der Waals surface area contributed by atoms with Gasteiger partial charge in [0.05, 0.1) is 23.6 Å². The highest BCUT2D eigenvalue weighted by Gasteiger charge is 2.52. The lowest BCUT2D eigenvalue weighted by molar-refractivity contribution is -0.142. The van der Waals surface area contributed by atoms with Gasteiger partial charge in [-0.2, -0.15) is 0 Å². The van der Waals surface area contributed by atoms with Crippen LogP contribution in [0, 0.1) is 5.41 Å². The number of ether oxygens (including phenoxy) is 2. The van der Waals surface area contributed by atoms with Crippen LogP contribution in [0.2, 0.25) is 15.1 Å². The maximum atomic E-state index is 12.8. The summed E-state index contributed by atoms with van der Waals surface area (Å²) in [6, 6.07) is 10.3. The van der Waals surface area contributed by atoms with Crippen molar-refractivity contribution in [3.05, 3.63) is 57.0 Å². The SMILES string of the molecule is CCC(Oc1ccc(Cl)c(Cl)c1Cl)C(=O)NCc1cccc(NC(=O)NC2CC3(C2)CN(CCC(=O)OC)C3)c1. The van der Waals surface area contributed by atoms with Crippen molar-refractivity contribution in [1.82, 2.24) is 15.5 Å². The lowest BCUT2D eigenvalue weighted by Gasteiger charge is -2.59. The molecule has 9 nitrogen and oxygen atoms in total. The molecule has 1 saturated heterocycles. The van der Waals surface area contributed by atoms with Gasteiger partial charge in [0.25, 0.3) is 5.91 Å². The van der Waals surface area contributed by atoms with E-state index in [2.05, 4.69) is 20.9 Å². The molecule has 1 unspecified atom stereocenters. The third-order valence-corrected chi connectivity index (χ3v) is 8.53. The fourth-order valence-corrected chi connectivity index (χ4v) is 5.82. The number of hydrogen-bond donors (Lipinski definition) is 3. The molecule has 1 atom stereocenters. The zero-order valence-electron chi connectivity index (χ0n) is 22.4. The lowest BCUT2D eigenvalue weighted by atomic mass is 9.60. The standard InChI is InChI=1S/C28H33Cl3N4O5/c1-3-21(40-22-8-7-20(29)24(30)25(22)31)26(37)32-14-17-5-4-6-18(11-17)33-27(38)34-19-12-28(13-19)15-35(16-28)10-9-23(36)39-2/h4-8,11,19,21H,3,9-10,12-16H2,1-2H3,(H,32,37)(H2,33,34,38). The van der Waals surface area contributed by atoms with Gasteiger partial charge in [0.1, 0.15) is 10.8 Å². The Labute approximate surface area is 248 Å². The molecule has 3 amide bonds. The number of methoxy groups -OCH3 is 1. The van der Waals surface area contributed by atoms with Gasteiger partial charge in [0.15, 0.2) is 6.10 Å². The number of likely N-dealkylation sites (tertiary alicyclic amines) is 1. The number of nitrogens with zero attached hydrogens (tertiary/aromatic N) is 1. The molecule has 12 heteroatoms. The second kappa shape index (κ2) is 13.3. The summed E-state index contributed by atoms with van der Waals surface area (Å²) < 4.78 is 10.5. The Bertz CT molecular complexity index is 1250. The van der Waals surface area contributed by atoms with Crippen LogP contribution in [-0.4, -0.2) is 61.7 Å². The summed E-state index contributed by atoms with van der Waals surface area (Å²) in [6.45, 7) is 4.68. The van der Waals surface area contributed by atoms with Gasteiger partial charge in [0.2, 0.25) is 0 Å². The second-order valence-electron chi connectivity index (χ2n) is 10.3. The van der Waals surface area contributed by atoms with Crippen LogP contribution in [0.3, 0.4) is 0 Å². The number of carbonyl (C=O) groups is 3. The molecule has 0 radical (unpaired) electrons. The first-order valence-corrected chi connectivity index (χ1v) is 14.3. The first-order chi connectivity index (χ1) is 19.1. The molecule has 4 rings (SSSR count). The van der Waals surface area contributed by atoms with E-state index in [-0.39, 0.29) is 51.7 Å². The van der Waals surface area contributed by atoms with Crippen LogP contribution < -0.4 is 20.7 Å². The highest BCUT2D eigenvalue weighted by Crippen LogP contribution is 2.48. The van der Waals surface area contributed by atoms with Crippen molar-refractivity contribution in [3.8, 4) is 5.75 Å². The fourth-order valence-electron chi connectivity index (χ4n) is 5.25. The molecule has 2 aromatic carbocycles. The van der Waals surface area contributed by atoms with Crippen molar-refractivity contribution in [1.29, 1.82) is 0 Å². The van der Waals surface area contributed by atoms with E-state index >= 15 is 0 Å². The van der Waals surface area contributed by atoms with Gasteiger partial charge in [-0.25, -0.2) is 4.79 Å². The summed E-state index contributed by atoms with van der Waals surface area (Å²) in [4.78, 5) is 38.9. The number of nitrogens with one attached hydrogen (secondary N) is 3. The van der Waals surface area contributed by atoms with Crippen molar-refractivity contribution in [2.75, 3.05) is 32.1 Å². The molecule has 216 valence electrons. The number of halogens is 3. The summed E-state index contributed by atoms with van der Waals surface area (Å²) in [7, 11) is 1.40. The Morgan fingerprint density at radius 2 is 1.85 bits per heavy atom. The highest BCUT2D eigenvalue weighted by molar-refractivity contribution is 6.48. The van der Waals surface area contributed by atoms with Gasteiger partial charge < -0.3 is 30.3 Å². The highest BCUT2D eigenvalue weighted by atomic mass is 35.5. The molecule has 2 fully saturated rings. The van der Waals surface area contributed by atoms with E-state index in [1.807, 2.05) is 25.1 Å². The maximum Gasteiger partial charge on any atom is 0.319 e. The largest absolute Gasteiger partial charge is 0.479 e. The van der Waals surface area contributed by atoms with E-state index < -0.39 is 6.10 Å². The van der Waals surface area contributed by atoms with Crippen molar-refractivity contribution in [2.45, 2.75) is 51.3 Å². The van der Waals surface area contributed by atoms with Crippen molar-refractivity contribution >= 4 is 58.4 Å². The Balaban J connectivity index is 1.19. The normalized spacial score (nSPS) is 16.8. The zero-order valence-corrected chi connectivity index (χ0v) is 24.7. The van der Waals surface area contributed by atoms with Gasteiger partial charge in [-0.15, -0.1) is 0 Å². The second-order valence-corrected chi connectivity index (χ2v) is 11.5. The number of amides is 3. The van der Waals surface area contributed by atoms with E-state index in [4.69, 9.17) is 44.3 Å². The molecule has 1 saturated carbocycles. The van der Waals surface area contributed by atoms with E-state index in [0.717, 1.165) is 31.5 Å². The third-order valence-electron chi connectivity index (χ3n) is 7.26. The molecule has 2 aliphatic rings. The molecule has 1 aliphatic heterocycles. The molecule has 0 aromatic heterocycles. The Kier molecular flexibility index (Phi) is 10.1. The molecular formula is C28H33Cl3N4O5. The van der Waals surface area contributed by atoms with Crippen LogP contribution in [0.1, 0.15) is 38.2 Å². The van der Waals surface area contributed by atoms with Crippen LogP contribution in [0.5, 0.6) is 5.75 Å². The Hall–Kier alpha value is -2.72. The first-order valence-electron chi connectivity index (χ1n) is 13.1. The molecule has 1 aliphatic carbocycles. The number of rotatable bonds is 11. The predicted molar refractivity (Wildman–Crippen MR) is 155 cm³/mol. The van der Waals surface area contributed by atoms with E-state index in [9.17, 15) is 14.4 Å². The molecule has 1 spiro atoms. The van der Waals surface area contributed by atoms with Crippen LogP contribution in [-0.2, 0) is 20.9 Å². The number of esters is 1. The lowest BCUT2D eigenvalue weighted by Crippen LogP contribution is -2.66. The number of anilines is 1. The summed E-state index contributed by atoms with van der Waals surface area (Å²) in [6.07, 6.45) is 1.89. The predicted octanol–water partition coefficient (Wildman–Crippen LogP) is 5.27. The molecule has 3 N–H and O–H groups in total. The van der Waals surface area contributed by atoms with Gasteiger partial charge in [-0.05, 0) is 54.5 Å². The third kappa shape index (κ3) is 7.51. The average molecular weight is 612 g/mol. The van der Waals surface area contributed by atoms with Crippen LogP contribution in [0.4, 0.5) is 10.5 Å². The quantitative estimate of drug-likeness (QED) is 0.236. The molecule has 1 heterocycles. The van der Waals surface area contributed by atoms with Crippen molar-refractivity contribution < 1.29 is 23.9 Å². The number of urea groups is 1. The molecular weight excluding hydrogens is 579 g/mol. The number of benzene rings is 2. The average Bonchev–Trinajstić information content (AvgIpc) is 2.90.